The van der Waals surface area contributed by atoms with E-state index in [1.165, 1.54) is 18.9 Å². The molecule has 3 atom stereocenters. The Hall–Kier alpha value is -1.68. The summed E-state index contributed by atoms with van der Waals surface area (Å²) in [6.45, 7) is 1.97. The maximum Gasteiger partial charge on any atom is 0.132 e. The predicted molar refractivity (Wildman–Crippen MR) is 76.0 cm³/mol. The number of H-pyrrole nitrogens is 1. The summed E-state index contributed by atoms with van der Waals surface area (Å²) in [5.41, 5.74) is 2.29. The number of aryl methyl sites for hydroxylation is 1. The standard InChI is InChI=1S/C16H18FN3/c1-9-15(11-4-2-3-5-13(11)17)20-16(18-9)12-8-10-6-7-14(12)19-10/h2-5,10,12,14,19H,6-8H2,1H3,(H,18,20). The Morgan fingerprint density at radius 1 is 1.25 bits per heavy atom. The van der Waals surface area contributed by atoms with Gasteiger partial charge in [0.2, 0.25) is 0 Å². The summed E-state index contributed by atoms with van der Waals surface area (Å²) >= 11 is 0. The van der Waals surface area contributed by atoms with E-state index in [-0.39, 0.29) is 5.82 Å². The van der Waals surface area contributed by atoms with E-state index in [1.54, 1.807) is 12.1 Å². The molecule has 3 heterocycles. The van der Waals surface area contributed by atoms with Crippen LogP contribution in [0.2, 0.25) is 0 Å². The molecule has 2 aliphatic heterocycles. The van der Waals surface area contributed by atoms with Crippen molar-refractivity contribution in [3.05, 3.63) is 41.6 Å². The molecule has 2 fully saturated rings. The first-order chi connectivity index (χ1) is 9.72. The van der Waals surface area contributed by atoms with Crippen LogP contribution >= 0.6 is 0 Å². The van der Waals surface area contributed by atoms with Crippen LogP contribution in [0, 0.1) is 12.7 Å². The maximum absolute atomic E-state index is 13.9. The van der Waals surface area contributed by atoms with Crippen molar-refractivity contribution in [1.29, 1.82) is 0 Å². The molecule has 0 radical (unpaired) electrons. The molecule has 0 amide bonds. The topological polar surface area (TPSA) is 40.7 Å². The highest BCUT2D eigenvalue weighted by atomic mass is 19.1. The molecule has 20 heavy (non-hydrogen) atoms. The van der Waals surface area contributed by atoms with Gasteiger partial charge in [0.15, 0.2) is 0 Å². The van der Waals surface area contributed by atoms with E-state index in [1.807, 2.05) is 13.0 Å². The zero-order valence-corrected chi connectivity index (χ0v) is 11.5. The van der Waals surface area contributed by atoms with E-state index < -0.39 is 0 Å². The Labute approximate surface area is 117 Å². The van der Waals surface area contributed by atoms with E-state index in [2.05, 4.69) is 10.3 Å². The van der Waals surface area contributed by atoms with Gasteiger partial charge in [-0.1, -0.05) is 12.1 Å². The van der Waals surface area contributed by atoms with E-state index in [0.717, 1.165) is 23.6 Å². The molecule has 0 aliphatic carbocycles. The van der Waals surface area contributed by atoms with Gasteiger partial charge in [-0.15, -0.1) is 0 Å². The average molecular weight is 271 g/mol. The van der Waals surface area contributed by atoms with Gasteiger partial charge < -0.3 is 10.3 Å². The monoisotopic (exact) mass is 271 g/mol. The third kappa shape index (κ3) is 1.79. The minimum atomic E-state index is -0.209. The number of aromatic nitrogens is 2. The van der Waals surface area contributed by atoms with Crippen molar-refractivity contribution in [2.75, 3.05) is 0 Å². The minimum absolute atomic E-state index is 0.209. The summed E-state index contributed by atoms with van der Waals surface area (Å²) in [6.07, 6.45) is 3.65. The lowest BCUT2D eigenvalue weighted by Crippen LogP contribution is -2.22. The van der Waals surface area contributed by atoms with Crippen molar-refractivity contribution in [1.82, 2.24) is 15.3 Å². The summed E-state index contributed by atoms with van der Waals surface area (Å²) in [7, 11) is 0. The molecule has 4 rings (SSSR count). The van der Waals surface area contributed by atoms with Gasteiger partial charge >= 0.3 is 0 Å². The Bertz CT molecular complexity index is 649. The molecule has 1 aromatic carbocycles. The molecule has 4 heteroatoms. The Kier molecular flexibility index (Phi) is 2.67. The summed E-state index contributed by atoms with van der Waals surface area (Å²) < 4.78 is 13.9. The summed E-state index contributed by atoms with van der Waals surface area (Å²) in [6, 6.07) is 8.03. The molecule has 2 bridgehead atoms. The zero-order valence-electron chi connectivity index (χ0n) is 11.5. The van der Waals surface area contributed by atoms with Crippen LogP contribution in [0.25, 0.3) is 11.3 Å². The number of benzene rings is 1. The highest BCUT2D eigenvalue weighted by Crippen LogP contribution is 2.39. The van der Waals surface area contributed by atoms with Crippen molar-refractivity contribution < 1.29 is 4.39 Å². The number of hydrogen-bond donors (Lipinski definition) is 2. The van der Waals surface area contributed by atoms with Crippen molar-refractivity contribution in [2.24, 2.45) is 0 Å². The van der Waals surface area contributed by atoms with Crippen molar-refractivity contribution in [2.45, 2.75) is 44.2 Å². The molecule has 0 spiro atoms. The van der Waals surface area contributed by atoms with Crippen LogP contribution in [0.4, 0.5) is 4.39 Å². The number of halogens is 1. The predicted octanol–water partition coefficient (Wildman–Crippen LogP) is 3.13. The van der Waals surface area contributed by atoms with E-state index in [0.29, 0.717) is 23.6 Å². The fourth-order valence-electron chi connectivity index (χ4n) is 3.70. The Morgan fingerprint density at radius 3 is 2.80 bits per heavy atom. The molecular weight excluding hydrogens is 253 g/mol. The fraction of sp³-hybridized carbons (Fsp3) is 0.438. The SMILES string of the molecule is Cc1[nH]c(C2CC3CCC2N3)nc1-c1ccccc1F. The smallest absolute Gasteiger partial charge is 0.132 e. The molecule has 2 aromatic rings. The first-order valence-corrected chi connectivity index (χ1v) is 7.30. The van der Waals surface area contributed by atoms with E-state index in [4.69, 9.17) is 4.98 Å². The van der Waals surface area contributed by atoms with E-state index >= 15 is 0 Å². The quantitative estimate of drug-likeness (QED) is 0.881. The number of hydrogen-bond acceptors (Lipinski definition) is 2. The van der Waals surface area contributed by atoms with E-state index in [9.17, 15) is 4.39 Å². The number of rotatable bonds is 2. The van der Waals surface area contributed by atoms with Crippen molar-refractivity contribution in [3.63, 3.8) is 0 Å². The van der Waals surface area contributed by atoms with Gasteiger partial charge in [0.25, 0.3) is 0 Å². The molecule has 104 valence electrons. The second-order valence-electron chi connectivity index (χ2n) is 5.97. The first kappa shape index (κ1) is 12.1. The van der Waals surface area contributed by atoms with Gasteiger partial charge in [0, 0.05) is 29.3 Å². The number of nitrogens with zero attached hydrogens (tertiary/aromatic N) is 1. The van der Waals surface area contributed by atoms with Crippen LogP contribution < -0.4 is 5.32 Å². The van der Waals surface area contributed by atoms with Crippen LogP contribution in [0.5, 0.6) is 0 Å². The highest BCUT2D eigenvalue weighted by Gasteiger charge is 2.41. The lowest BCUT2D eigenvalue weighted by atomic mass is 9.89. The molecule has 0 saturated carbocycles. The second kappa shape index (κ2) is 4.42. The minimum Gasteiger partial charge on any atom is -0.345 e. The van der Waals surface area contributed by atoms with Gasteiger partial charge in [0.05, 0.1) is 5.69 Å². The number of aromatic amines is 1. The lowest BCUT2D eigenvalue weighted by molar-refractivity contribution is 0.489. The van der Waals surface area contributed by atoms with Gasteiger partial charge in [-0.05, 0) is 38.3 Å². The molecule has 1 aromatic heterocycles. The molecule has 2 aliphatic rings. The van der Waals surface area contributed by atoms with Crippen LogP contribution in [0.3, 0.4) is 0 Å². The highest BCUT2D eigenvalue weighted by molar-refractivity contribution is 5.62. The molecule has 3 unspecified atom stereocenters. The van der Waals surface area contributed by atoms with Gasteiger partial charge in [0.1, 0.15) is 11.6 Å². The maximum atomic E-state index is 13.9. The summed E-state index contributed by atoms with van der Waals surface area (Å²) in [5.74, 6) is 1.26. The number of fused-ring (bicyclic) bond motifs is 2. The average Bonchev–Trinajstić information content (AvgIpc) is 3.14. The van der Waals surface area contributed by atoms with Crippen LogP contribution in [0.15, 0.2) is 24.3 Å². The van der Waals surface area contributed by atoms with Gasteiger partial charge in [-0.25, -0.2) is 9.37 Å². The number of imidazole rings is 1. The molecular formula is C16H18FN3. The molecule has 2 N–H and O–H groups in total. The Morgan fingerprint density at radius 2 is 2.10 bits per heavy atom. The van der Waals surface area contributed by atoms with Crippen LogP contribution in [-0.2, 0) is 0 Å². The van der Waals surface area contributed by atoms with Gasteiger partial charge in [-0.3, -0.25) is 0 Å². The van der Waals surface area contributed by atoms with Gasteiger partial charge in [-0.2, -0.15) is 0 Å². The first-order valence-electron chi connectivity index (χ1n) is 7.30. The molecule has 3 nitrogen and oxygen atoms in total. The Balaban J connectivity index is 1.71. The normalized spacial score (nSPS) is 28.2. The fourth-order valence-corrected chi connectivity index (χ4v) is 3.70. The number of nitrogens with one attached hydrogen (secondary N) is 2. The summed E-state index contributed by atoms with van der Waals surface area (Å²) in [4.78, 5) is 8.09. The van der Waals surface area contributed by atoms with Crippen molar-refractivity contribution in [3.8, 4) is 11.3 Å². The van der Waals surface area contributed by atoms with Crippen molar-refractivity contribution >= 4 is 0 Å². The summed E-state index contributed by atoms with van der Waals surface area (Å²) in [5, 5.41) is 3.62. The molecule has 2 saturated heterocycles. The third-order valence-corrected chi connectivity index (χ3v) is 4.68. The van der Waals surface area contributed by atoms with Crippen LogP contribution in [-0.4, -0.2) is 22.1 Å². The van der Waals surface area contributed by atoms with Crippen LogP contribution in [0.1, 0.15) is 36.7 Å². The zero-order chi connectivity index (χ0) is 13.7. The third-order valence-electron chi connectivity index (χ3n) is 4.68. The lowest BCUT2D eigenvalue weighted by Gasteiger charge is -2.17. The largest absolute Gasteiger partial charge is 0.345 e. The second-order valence-corrected chi connectivity index (χ2v) is 5.97.